The maximum atomic E-state index is 12.4. The summed E-state index contributed by atoms with van der Waals surface area (Å²) >= 11 is 0. The van der Waals surface area contributed by atoms with E-state index in [1.54, 1.807) is 0 Å². The van der Waals surface area contributed by atoms with Crippen LogP contribution in [0.25, 0.3) is 0 Å². The van der Waals surface area contributed by atoms with E-state index in [1.165, 1.54) is 0 Å². The quantitative estimate of drug-likeness (QED) is 0.673. The molecular weight excluding hydrogens is 230 g/mol. The zero-order valence-electron chi connectivity index (χ0n) is 11.7. The van der Waals surface area contributed by atoms with Gasteiger partial charge in [0.25, 0.3) is 0 Å². The van der Waals surface area contributed by atoms with Gasteiger partial charge in [-0.3, -0.25) is 5.32 Å². The van der Waals surface area contributed by atoms with Crippen LogP contribution < -0.4 is 5.32 Å². The van der Waals surface area contributed by atoms with E-state index in [9.17, 15) is 4.79 Å². The molecule has 2 rings (SSSR count). The van der Waals surface area contributed by atoms with Gasteiger partial charge in [0.05, 0.1) is 19.3 Å². The van der Waals surface area contributed by atoms with Crippen molar-refractivity contribution in [3.63, 3.8) is 0 Å². The maximum absolute atomic E-state index is 12.4. The summed E-state index contributed by atoms with van der Waals surface area (Å²) in [5.74, 6) is 0.260. The highest BCUT2D eigenvalue weighted by Gasteiger charge is 2.54. The molecule has 4 nitrogen and oxygen atoms in total. The number of nitrogens with one attached hydrogen (secondary N) is 1. The third kappa shape index (κ3) is 3.23. The summed E-state index contributed by atoms with van der Waals surface area (Å²) < 4.78 is 11.0. The average Bonchev–Trinajstić information content (AvgIpc) is 3.14. The van der Waals surface area contributed by atoms with Crippen LogP contribution >= 0.6 is 0 Å². The van der Waals surface area contributed by atoms with Gasteiger partial charge < -0.3 is 9.47 Å². The highest BCUT2D eigenvalue weighted by Crippen LogP contribution is 2.42. The van der Waals surface area contributed by atoms with Gasteiger partial charge in [0, 0.05) is 6.04 Å². The van der Waals surface area contributed by atoms with Crippen molar-refractivity contribution in [1.29, 1.82) is 0 Å². The second-order valence-electron chi connectivity index (χ2n) is 5.74. The molecule has 0 aromatic heterocycles. The van der Waals surface area contributed by atoms with Crippen LogP contribution in [-0.4, -0.2) is 36.9 Å². The Morgan fingerprint density at radius 3 is 2.44 bits per heavy atom. The molecule has 0 aromatic carbocycles. The summed E-state index contributed by atoms with van der Waals surface area (Å²) in [6, 6.07) is 0.478. The number of carbonyl (C=O) groups is 1. The standard InChI is InChI=1S/C14H25NO3/c1-4-17-13(16)14(11-5-6-11,9-18-10(2)3)15-12-7-8-12/h10-12,15H,4-9H2,1-3H3. The number of carbonyl (C=O) groups excluding carboxylic acids is 1. The molecule has 0 radical (unpaired) electrons. The Morgan fingerprint density at radius 2 is 2.00 bits per heavy atom. The van der Waals surface area contributed by atoms with Gasteiger partial charge >= 0.3 is 5.97 Å². The Morgan fingerprint density at radius 1 is 1.33 bits per heavy atom. The first-order valence-corrected chi connectivity index (χ1v) is 7.15. The van der Waals surface area contributed by atoms with Gasteiger partial charge in [0.2, 0.25) is 0 Å². The molecule has 2 saturated carbocycles. The predicted octanol–water partition coefficient (Wildman–Crippen LogP) is 1.88. The van der Waals surface area contributed by atoms with E-state index in [4.69, 9.17) is 9.47 Å². The van der Waals surface area contributed by atoms with Crippen molar-refractivity contribution in [3.8, 4) is 0 Å². The van der Waals surface area contributed by atoms with E-state index < -0.39 is 5.54 Å². The predicted molar refractivity (Wildman–Crippen MR) is 69.3 cm³/mol. The van der Waals surface area contributed by atoms with Crippen molar-refractivity contribution in [1.82, 2.24) is 5.32 Å². The molecule has 2 aliphatic carbocycles. The van der Waals surface area contributed by atoms with Gasteiger partial charge in [-0.1, -0.05) is 0 Å². The van der Waals surface area contributed by atoms with Crippen LogP contribution in [0.4, 0.5) is 0 Å². The molecule has 1 atom stereocenters. The van der Waals surface area contributed by atoms with Gasteiger partial charge in [0.1, 0.15) is 5.54 Å². The first kappa shape index (κ1) is 13.8. The summed E-state index contributed by atoms with van der Waals surface area (Å²) in [5, 5.41) is 3.51. The molecule has 0 aliphatic heterocycles. The number of ether oxygens (including phenoxy) is 2. The molecule has 2 fully saturated rings. The SMILES string of the molecule is CCOC(=O)C(COC(C)C)(NC1CC1)C1CC1. The van der Waals surface area contributed by atoms with Crippen LogP contribution in [0, 0.1) is 5.92 Å². The van der Waals surface area contributed by atoms with Crippen molar-refractivity contribution in [3.05, 3.63) is 0 Å². The Bertz CT molecular complexity index is 297. The van der Waals surface area contributed by atoms with Crippen LogP contribution in [0.2, 0.25) is 0 Å². The van der Waals surface area contributed by atoms with Crippen molar-refractivity contribution >= 4 is 5.97 Å². The molecule has 1 N–H and O–H groups in total. The van der Waals surface area contributed by atoms with Crippen molar-refractivity contribution < 1.29 is 14.3 Å². The molecule has 18 heavy (non-hydrogen) atoms. The lowest BCUT2D eigenvalue weighted by Gasteiger charge is -2.33. The molecule has 0 bridgehead atoms. The number of hydrogen-bond donors (Lipinski definition) is 1. The average molecular weight is 255 g/mol. The normalized spacial score (nSPS) is 22.9. The molecule has 0 aromatic rings. The van der Waals surface area contributed by atoms with Crippen molar-refractivity contribution in [2.75, 3.05) is 13.2 Å². The van der Waals surface area contributed by atoms with Crippen LogP contribution in [0.3, 0.4) is 0 Å². The molecule has 104 valence electrons. The highest BCUT2D eigenvalue weighted by molar-refractivity contribution is 5.82. The van der Waals surface area contributed by atoms with E-state index in [2.05, 4.69) is 5.32 Å². The largest absolute Gasteiger partial charge is 0.465 e. The number of esters is 1. The van der Waals surface area contributed by atoms with Crippen molar-refractivity contribution in [2.24, 2.45) is 5.92 Å². The van der Waals surface area contributed by atoms with E-state index in [1.807, 2.05) is 20.8 Å². The maximum Gasteiger partial charge on any atom is 0.329 e. The molecular formula is C14H25NO3. The summed E-state index contributed by atoms with van der Waals surface area (Å²) in [6.45, 7) is 6.72. The Kier molecular flexibility index (Phi) is 4.28. The Labute approximate surface area is 109 Å². The lowest BCUT2D eigenvalue weighted by molar-refractivity contribution is -0.156. The minimum Gasteiger partial charge on any atom is -0.465 e. The van der Waals surface area contributed by atoms with Gasteiger partial charge in [-0.25, -0.2) is 4.79 Å². The Balaban J connectivity index is 2.07. The fraction of sp³-hybridized carbons (Fsp3) is 0.929. The topological polar surface area (TPSA) is 47.6 Å². The van der Waals surface area contributed by atoms with Crippen LogP contribution in [0.1, 0.15) is 46.5 Å². The molecule has 0 spiro atoms. The molecule has 2 aliphatic rings. The van der Waals surface area contributed by atoms with E-state index >= 15 is 0 Å². The monoisotopic (exact) mass is 255 g/mol. The third-order valence-corrected chi connectivity index (χ3v) is 3.60. The second kappa shape index (κ2) is 5.57. The van der Waals surface area contributed by atoms with E-state index in [0.29, 0.717) is 25.2 Å². The lowest BCUT2D eigenvalue weighted by Crippen LogP contribution is -2.59. The second-order valence-corrected chi connectivity index (χ2v) is 5.74. The first-order valence-electron chi connectivity index (χ1n) is 7.15. The summed E-state index contributed by atoms with van der Waals surface area (Å²) in [6.07, 6.45) is 4.66. The van der Waals surface area contributed by atoms with Crippen molar-refractivity contribution in [2.45, 2.75) is 64.1 Å². The fourth-order valence-electron chi connectivity index (χ4n) is 2.29. The van der Waals surface area contributed by atoms with Crippen LogP contribution in [0.5, 0.6) is 0 Å². The highest BCUT2D eigenvalue weighted by atomic mass is 16.5. The third-order valence-electron chi connectivity index (χ3n) is 3.60. The Hall–Kier alpha value is -0.610. The molecule has 4 heteroatoms. The van der Waals surface area contributed by atoms with Crippen LogP contribution in [-0.2, 0) is 14.3 Å². The molecule has 0 saturated heterocycles. The van der Waals surface area contributed by atoms with E-state index in [0.717, 1.165) is 25.7 Å². The lowest BCUT2D eigenvalue weighted by atomic mass is 9.93. The molecule has 0 amide bonds. The minimum atomic E-state index is -0.596. The number of hydrogen-bond acceptors (Lipinski definition) is 4. The first-order chi connectivity index (χ1) is 8.58. The minimum absolute atomic E-state index is 0.125. The molecule has 0 heterocycles. The summed E-state index contributed by atoms with van der Waals surface area (Å²) in [5.41, 5.74) is -0.596. The zero-order chi connectivity index (χ0) is 13.2. The van der Waals surface area contributed by atoms with Gasteiger partial charge in [-0.2, -0.15) is 0 Å². The van der Waals surface area contributed by atoms with Gasteiger partial charge in [-0.15, -0.1) is 0 Å². The van der Waals surface area contributed by atoms with E-state index in [-0.39, 0.29) is 12.1 Å². The fourth-order valence-corrected chi connectivity index (χ4v) is 2.29. The smallest absolute Gasteiger partial charge is 0.329 e. The zero-order valence-corrected chi connectivity index (χ0v) is 11.7. The summed E-state index contributed by atoms with van der Waals surface area (Å²) in [7, 11) is 0. The number of rotatable bonds is 8. The molecule has 1 unspecified atom stereocenters. The van der Waals surface area contributed by atoms with Crippen LogP contribution in [0.15, 0.2) is 0 Å². The van der Waals surface area contributed by atoms with Gasteiger partial charge in [0.15, 0.2) is 0 Å². The van der Waals surface area contributed by atoms with Gasteiger partial charge in [-0.05, 0) is 52.4 Å². The summed E-state index contributed by atoms with van der Waals surface area (Å²) in [4.78, 5) is 12.4.